The summed E-state index contributed by atoms with van der Waals surface area (Å²) in [5, 5.41) is 13.2. The molecule has 2 heterocycles. The van der Waals surface area contributed by atoms with Crippen molar-refractivity contribution in [1.82, 2.24) is 15.5 Å². The number of carbonyl (C=O) groups is 3. The molecule has 2 aromatic heterocycles. The zero-order valence-corrected chi connectivity index (χ0v) is 16.1. The molecule has 0 bridgehead atoms. The van der Waals surface area contributed by atoms with Crippen molar-refractivity contribution in [3.63, 3.8) is 0 Å². The van der Waals surface area contributed by atoms with Crippen LogP contribution in [0.15, 0.2) is 33.2 Å². The fourth-order valence-corrected chi connectivity index (χ4v) is 3.29. The van der Waals surface area contributed by atoms with Crippen LogP contribution in [0.1, 0.15) is 19.1 Å². The van der Waals surface area contributed by atoms with Crippen molar-refractivity contribution in [2.45, 2.75) is 17.7 Å². The van der Waals surface area contributed by atoms with Crippen LogP contribution in [0.3, 0.4) is 0 Å². The number of hydrogen-bond donors (Lipinski definition) is 2. The van der Waals surface area contributed by atoms with Crippen molar-refractivity contribution in [2.24, 2.45) is 0 Å². The Kier molecular flexibility index (Phi) is 8.52. The summed E-state index contributed by atoms with van der Waals surface area (Å²) in [5.41, 5.74) is 0. The molecule has 27 heavy (non-hydrogen) atoms. The van der Waals surface area contributed by atoms with Gasteiger partial charge in [-0.15, -0.1) is 10.2 Å². The Balaban J connectivity index is 1.65. The molecule has 9 nitrogen and oxygen atoms in total. The van der Waals surface area contributed by atoms with Gasteiger partial charge in [0.1, 0.15) is 5.76 Å². The predicted molar refractivity (Wildman–Crippen MR) is 101 cm³/mol. The van der Waals surface area contributed by atoms with E-state index in [2.05, 4.69) is 20.8 Å². The lowest BCUT2D eigenvalue weighted by atomic mass is 10.3. The Morgan fingerprint density at radius 2 is 2.22 bits per heavy atom. The molecule has 0 saturated heterocycles. The number of ether oxygens (including phenoxy) is 1. The molecule has 0 spiro atoms. The van der Waals surface area contributed by atoms with Crippen LogP contribution in [0.5, 0.6) is 0 Å². The van der Waals surface area contributed by atoms with Gasteiger partial charge in [0, 0.05) is 19.0 Å². The van der Waals surface area contributed by atoms with E-state index in [1.54, 1.807) is 19.1 Å². The summed E-state index contributed by atoms with van der Waals surface area (Å²) < 4.78 is 10.4. The monoisotopic (exact) mass is 410 g/mol. The standard InChI is InChI=1S/C16H18N4O5S2/c1-2-24-14(23)10-26-16-20-19-15(27-16)18-13(22)7-8-17-12(21)6-5-11-4-3-9-25-11/h3-6,9H,2,7-8,10H2,1H3,(H,17,21)(H,18,19,22)/b6-5+. The smallest absolute Gasteiger partial charge is 0.316 e. The Morgan fingerprint density at radius 3 is 2.96 bits per heavy atom. The van der Waals surface area contributed by atoms with E-state index < -0.39 is 0 Å². The average molecular weight is 410 g/mol. The Morgan fingerprint density at radius 1 is 1.37 bits per heavy atom. The van der Waals surface area contributed by atoms with Crippen LogP contribution in [-0.2, 0) is 19.1 Å². The zero-order chi connectivity index (χ0) is 19.5. The number of nitrogens with one attached hydrogen (secondary N) is 2. The van der Waals surface area contributed by atoms with Gasteiger partial charge < -0.3 is 19.8 Å². The maximum Gasteiger partial charge on any atom is 0.316 e. The highest BCUT2D eigenvalue weighted by Crippen LogP contribution is 2.25. The molecule has 2 aromatic rings. The first-order valence-corrected chi connectivity index (χ1v) is 9.78. The van der Waals surface area contributed by atoms with Gasteiger partial charge in [0.2, 0.25) is 16.9 Å². The second kappa shape index (κ2) is 11.1. The number of nitrogens with zero attached hydrogens (tertiary/aromatic N) is 2. The number of thioether (sulfide) groups is 1. The molecule has 144 valence electrons. The van der Waals surface area contributed by atoms with E-state index in [0.29, 0.717) is 21.8 Å². The third kappa shape index (κ3) is 8.05. The summed E-state index contributed by atoms with van der Waals surface area (Å²) in [4.78, 5) is 34.8. The minimum atomic E-state index is -0.333. The summed E-state index contributed by atoms with van der Waals surface area (Å²) in [7, 11) is 0. The van der Waals surface area contributed by atoms with Gasteiger partial charge in [-0.3, -0.25) is 14.4 Å². The van der Waals surface area contributed by atoms with Crippen molar-refractivity contribution in [1.29, 1.82) is 0 Å². The van der Waals surface area contributed by atoms with Crippen molar-refractivity contribution in [3.05, 3.63) is 30.2 Å². The molecule has 2 amide bonds. The summed E-state index contributed by atoms with van der Waals surface area (Å²) in [6, 6.07) is 3.44. The Hall–Kier alpha value is -2.66. The summed E-state index contributed by atoms with van der Waals surface area (Å²) in [6.07, 6.45) is 4.46. The molecule has 0 unspecified atom stereocenters. The molecule has 0 aliphatic heterocycles. The molecule has 0 saturated carbocycles. The first-order valence-electron chi connectivity index (χ1n) is 7.98. The lowest BCUT2D eigenvalue weighted by molar-refractivity contribution is -0.139. The second-order valence-corrected chi connectivity index (χ2v) is 7.10. The van der Waals surface area contributed by atoms with E-state index in [1.807, 2.05) is 0 Å². The third-order valence-corrected chi connectivity index (χ3v) is 4.81. The van der Waals surface area contributed by atoms with Crippen LogP contribution >= 0.6 is 23.1 Å². The number of rotatable bonds is 10. The highest BCUT2D eigenvalue weighted by atomic mass is 32.2. The maximum absolute atomic E-state index is 11.9. The number of anilines is 1. The molecule has 2 N–H and O–H groups in total. The largest absolute Gasteiger partial charge is 0.465 e. The number of aromatic nitrogens is 2. The first kappa shape index (κ1) is 20.6. The molecule has 0 fully saturated rings. The lowest BCUT2D eigenvalue weighted by Crippen LogP contribution is -2.26. The van der Waals surface area contributed by atoms with E-state index in [-0.39, 0.29) is 36.5 Å². The number of amides is 2. The van der Waals surface area contributed by atoms with Crippen LogP contribution in [-0.4, -0.2) is 46.9 Å². The molecule has 11 heteroatoms. The van der Waals surface area contributed by atoms with Gasteiger partial charge in [0.25, 0.3) is 0 Å². The van der Waals surface area contributed by atoms with Crippen LogP contribution in [0.4, 0.5) is 5.13 Å². The van der Waals surface area contributed by atoms with E-state index >= 15 is 0 Å². The van der Waals surface area contributed by atoms with Gasteiger partial charge in [0.05, 0.1) is 18.6 Å². The Bertz CT molecular complexity index is 789. The van der Waals surface area contributed by atoms with Crippen molar-refractivity contribution < 1.29 is 23.5 Å². The summed E-state index contributed by atoms with van der Waals surface area (Å²) in [6.45, 7) is 2.24. The van der Waals surface area contributed by atoms with Crippen molar-refractivity contribution in [3.8, 4) is 0 Å². The number of carbonyl (C=O) groups excluding carboxylic acids is 3. The summed E-state index contributed by atoms with van der Waals surface area (Å²) in [5.74, 6) is -0.263. The molecule has 0 aliphatic carbocycles. The minimum absolute atomic E-state index is 0.0885. The molecule has 0 aromatic carbocycles. The van der Waals surface area contributed by atoms with E-state index in [1.165, 1.54) is 30.2 Å². The highest BCUT2D eigenvalue weighted by molar-refractivity contribution is 8.01. The van der Waals surface area contributed by atoms with Gasteiger partial charge in [-0.1, -0.05) is 23.1 Å². The van der Waals surface area contributed by atoms with Crippen molar-refractivity contribution >= 4 is 52.1 Å². The van der Waals surface area contributed by atoms with Gasteiger partial charge in [-0.05, 0) is 25.1 Å². The van der Waals surface area contributed by atoms with E-state index in [9.17, 15) is 14.4 Å². The Labute approximate surface area is 163 Å². The quantitative estimate of drug-likeness (QED) is 0.264. The number of hydrogen-bond acceptors (Lipinski definition) is 9. The van der Waals surface area contributed by atoms with E-state index in [4.69, 9.17) is 9.15 Å². The minimum Gasteiger partial charge on any atom is -0.465 e. The molecule has 0 radical (unpaired) electrons. The molecular formula is C16H18N4O5S2. The van der Waals surface area contributed by atoms with Gasteiger partial charge >= 0.3 is 5.97 Å². The van der Waals surface area contributed by atoms with Gasteiger partial charge in [-0.25, -0.2) is 0 Å². The fourth-order valence-electron chi connectivity index (χ4n) is 1.73. The maximum atomic E-state index is 11.9. The second-order valence-electron chi connectivity index (χ2n) is 4.90. The number of furan rings is 1. The first-order chi connectivity index (χ1) is 13.1. The van der Waals surface area contributed by atoms with Gasteiger partial charge in [0.15, 0.2) is 4.34 Å². The van der Waals surface area contributed by atoms with Crippen LogP contribution < -0.4 is 10.6 Å². The molecule has 0 atom stereocenters. The molecule has 2 rings (SSSR count). The fraction of sp³-hybridized carbons (Fsp3) is 0.312. The zero-order valence-electron chi connectivity index (χ0n) is 14.5. The molecular weight excluding hydrogens is 392 g/mol. The van der Waals surface area contributed by atoms with Gasteiger partial charge in [-0.2, -0.15) is 0 Å². The van der Waals surface area contributed by atoms with Crippen LogP contribution in [0.25, 0.3) is 6.08 Å². The average Bonchev–Trinajstić information content (AvgIpc) is 3.30. The van der Waals surface area contributed by atoms with Crippen LogP contribution in [0.2, 0.25) is 0 Å². The SMILES string of the molecule is CCOC(=O)CSc1nnc(NC(=O)CCNC(=O)/C=C/c2ccco2)s1. The summed E-state index contributed by atoms with van der Waals surface area (Å²) >= 11 is 2.35. The lowest BCUT2D eigenvalue weighted by Gasteiger charge is -2.02. The third-order valence-electron chi connectivity index (χ3n) is 2.87. The number of esters is 1. The molecule has 0 aliphatic rings. The predicted octanol–water partition coefficient (Wildman–Crippen LogP) is 1.94. The van der Waals surface area contributed by atoms with Crippen LogP contribution in [0, 0.1) is 0 Å². The topological polar surface area (TPSA) is 123 Å². The highest BCUT2D eigenvalue weighted by Gasteiger charge is 2.11. The van der Waals surface area contributed by atoms with E-state index in [0.717, 1.165) is 11.3 Å². The normalized spacial score (nSPS) is 10.7. The van der Waals surface area contributed by atoms with Crippen molar-refractivity contribution in [2.75, 3.05) is 24.2 Å².